The largest absolute Gasteiger partial charge is 0.508 e. The molecule has 4 atom stereocenters. The highest BCUT2D eigenvalue weighted by Gasteiger charge is 2.43. The zero-order valence-electron chi connectivity index (χ0n) is 18.9. The maximum Gasteiger partial charge on any atom is 0.310 e. The number of nitrogens with one attached hydrogen (secondary N) is 3. The average molecular weight is 483 g/mol. The molecule has 2 heterocycles. The Labute approximate surface area is 200 Å². The fourth-order valence-corrected chi connectivity index (χ4v) is 3.89. The second-order valence-electron chi connectivity index (χ2n) is 8.18. The summed E-state index contributed by atoms with van der Waals surface area (Å²) in [6.07, 6.45) is -2.07. The summed E-state index contributed by atoms with van der Waals surface area (Å²) in [5.41, 5.74) is 1.04. The normalized spacial score (nSPS) is 24.4. The average Bonchev–Trinajstić information content (AvgIpc) is 2.85. The van der Waals surface area contributed by atoms with E-state index in [0.29, 0.717) is 12.2 Å². The van der Waals surface area contributed by atoms with Gasteiger partial charge < -0.3 is 35.3 Å². The van der Waals surface area contributed by atoms with Crippen molar-refractivity contribution in [2.45, 2.75) is 37.3 Å². The van der Waals surface area contributed by atoms with Crippen molar-refractivity contribution < 1.29 is 38.5 Å². The molecule has 2 aliphatic rings. The summed E-state index contributed by atoms with van der Waals surface area (Å²) < 4.78 is 16.3. The van der Waals surface area contributed by atoms with Gasteiger partial charge in [-0.15, -0.1) is 0 Å². The number of hydrogen-bond acceptors (Lipinski definition) is 8. The van der Waals surface area contributed by atoms with Crippen LogP contribution in [-0.2, 0) is 30.3 Å². The molecule has 2 fully saturated rings. The molecule has 2 aliphatic heterocycles. The van der Waals surface area contributed by atoms with Crippen LogP contribution in [0.5, 0.6) is 11.5 Å². The SMILES string of the molecule is COc1ccc(C(=O)N[C@@H]2C(=O)NCC(=O)N[C@@H](Cc3ccc(O)cc3)[C@@H]3CC(=O)O[C@@H]2O3)cc1. The second-order valence-corrected chi connectivity index (χ2v) is 8.18. The molecule has 3 amide bonds. The molecule has 11 heteroatoms. The fourth-order valence-electron chi connectivity index (χ4n) is 3.89. The maximum absolute atomic E-state index is 12.8. The highest BCUT2D eigenvalue weighted by atomic mass is 16.7. The van der Waals surface area contributed by atoms with Crippen molar-refractivity contribution in [3.05, 3.63) is 59.7 Å². The van der Waals surface area contributed by atoms with Gasteiger partial charge in [0.15, 0.2) is 6.04 Å². The molecule has 0 spiro atoms. The van der Waals surface area contributed by atoms with Crippen molar-refractivity contribution in [1.29, 1.82) is 0 Å². The van der Waals surface area contributed by atoms with Crippen LogP contribution in [0.15, 0.2) is 48.5 Å². The standard InChI is InChI=1S/C24H25N3O8/c1-33-16-8-4-14(5-9-16)22(31)27-21-23(32)25-12-19(29)26-17(10-13-2-6-15(28)7-3-13)18-11-20(30)35-24(21)34-18/h2-9,17-18,21,24,28H,10-12H2,1H3,(H,25,32)(H,26,29)(H,27,31)/t17-,18-,21+,24-/m0/s1. The summed E-state index contributed by atoms with van der Waals surface area (Å²) in [4.78, 5) is 50.6. The van der Waals surface area contributed by atoms with E-state index in [1.807, 2.05) is 0 Å². The van der Waals surface area contributed by atoms with Crippen LogP contribution in [0, 0.1) is 0 Å². The number of ether oxygens (including phenoxy) is 3. The first-order valence-corrected chi connectivity index (χ1v) is 11.0. The quantitative estimate of drug-likeness (QED) is 0.434. The third kappa shape index (κ3) is 5.87. The number of aromatic hydroxyl groups is 1. The molecule has 2 aromatic carbocycles. The summed E-state index contributed by atoms with van der Waals surface area (Å²) in [6, 6.07) is 10.6. The zero-order chi connectivity index (χ0) is 24.9. The van der Waals surface area contributed by atoms with E-state index in [-0.39, 0.29) is 24.3 Å². The Balaban J connectivity index is 1.56. The molecule has 35 heavy (non-hydrogen) atoms. The number of esters is 1. The van der Waals surface area contributed by atoms with Crippen molar-refractivity contribution in [2.24, 2.45) is 0 Å². The molecule has 4 rings (SSSR count). The van der Waals surface area contributed by atoms with E-state index in [0.717, 1.165) is 5.56 Å². The van der Waals surface area contributed by atoms with E-state index in [4.69, 9.17) is 14.2 Å². The molecule has 2 aromatic rings. The Kier molecular flexibility index (Phi) is 7.16. The Morgan fingerprint density at radius 2 is 1.83 bits per heavy atom. The molecule has 184 valence electrons. The first kappa shape index (κ1) is 24.0. The summed E-state index contributed by atoms with van der Waals surface area (Å²) in [7, 11) is 1.50. The Morgan fingerprint density at radius 3 is 2.51 bits per heavy atom. The van der Waals surface area contributed by atoms with Gasteiger partial charge in [-0.05, 0) is 48.4 Å². The molecule has 11 nitrogen and oxygen atoms in total. The number of amides is 3. The van der Waals surface area contributed by atoms with Gasteiger partial charge in [0.2, 0.25) is 18.1 Å². The van der Waals surface area contributed by atoms with Gasteiger partial charge in [-0.25, -0.2) is 0 Å². The van der Waals surface area contributed by atoms with E-state index < -0.39 is 48.2 Å². The lowest BCUT2D eigenvalue weighted by molar-refractivity contribution is -0.226. The third-order valence-electron chi connectivity index (χ3n) is 5.73. The lowest BCUT2D eigenvalue weighted by Crippen LogP contribution is -2.62. The summed E-state index contributed by atoms with van der Waals surface area (Å²) >= 11 is 0. The van der Waals surface area contributed by atoms with Crippen molar-refractivity contribution in [3.8, 4) is 11.5 Å². The van der Waals surface area contributed by atoms with Crippen molar-refractivity contribution in [3.63, 3.8) is 0 Å². The molecule has 2 saturated heterocycles. The lowest BCUT2D eigenvalue weighted by atomic mass is 9.97. The van der Waals surface area contributed by atoms with Gasteiger partial charge >= 0.3 is 5.97 Å². The molecule has 0 radical (unpaired) electrons. The number of phenols is 1. The van der Waals surface area contributed by atoms with Crippen LogP contribution in [0.2, 0.25) is 0 Å². The number of carbonyl (C=O) groups is 4. The minimum absolute atomic E-state index is 0.0967. The zero-order valence-corrected chi connectivity index (χ0v) is 18.9. The minimum Gasteiger partial charge on any atom is -0.508 e. The first-order chi connectivity index (χ1) is 16.8. The van der Waals surface area contributed by atoms with Crippen molar-refractivity contribution >= 4 is 23.7 Å². The molecule has 0 saturated carbocycles. The molecule has 0 aliphatic carbocycles. The number of phenolic OH excluding ortho intramolecular Hbond substituents is 1. The summed E-state index contributed by atoms with van der Waals surface area (Å²) in [5.74, 6) is -1.80. The number of hydrogen-bond donors (Lipinski definition) is 4. The predicted molar refractivity (Wildman–Crippen MR) is 120 cm³/mol. The van der Waals surface area contributed by atoms with E-state index in [1.165, 1.54) is 31.4 Å². The smallest absolute Gasteiger partial charge is 0.310 e. The summed E-state index contributed by atoms with van der Waals surface area (Å²) in [5, 5.41) is 17.3. The molecular weight excluding hydrogens is 458 g/mol. The van der Waals surface area contributed by atoms with E-state index in [9.17, 15) is 24.3 Å². The van der Waals surface area contributed by atoms with Gasteiger partial charge in [-0.1, -0.05) is 12.1 Å². The molecular formula is C24H25N3O8. The monoisotopic (exact) mass is 483 g/mol. The Bertz CT molecular complexity index is 1100. The lowest BCUT2D eigenvalue weighted by Gasteiger charge is -2.38. The highest BCUT2D eigenvalue weighted by molar-refractivity contribution is 5.98. The van der Waals surface area contributed by atoms with Gasteiger partial charge in [0.1, 0.15) is 11.5 Å². The van der Waals surface area contributed by atoms with E-state index >= 15 is 0 Å². The van der Waals surface area contributed by atoms with Crippen molar-refractivity contribution in [1.82, 2.24) is 16.0 Å². The van der Waals surface area contributed by atoms with Crippen LogP contribution < -0.4 is 20.7 Å². The van der Waals surface area contributed by atoms with E-state index in [1.54, 1.807) is 24.3 Å². The van der Waals surface area contributed by atoms with Gasteiger partial charge in [0.25, 0.3) is 5.91 Å². The topological polar surface area (TPSA) is 152 Å². The van der Waals surface area contributed by atoms with Crippen LogP contribution in [-0.4, -0.2) is 66.9 Å². The predicted octanol–water partition coefficient (Wildman–Crippen LogP) is 0.0147. The molecule has 0 aromatic heterocycles. The summed E-state index contributed by atoms with van der Waals surface area (Å²) in [6.45, 7) is -0.340. The number of carbonyl (C=O) groups excluding carboxylic acids is 4. The van der Waals surface area contributed by atoms with Crippen LogP contribution >= 0.6 is 0 Å². The fraction of sp³-hybridized carbons (Fsp3) is 0.333. The second kappa shape index (κ2) is 10.4. The van der Waals surface area contributed by atoms with Gasteiger partial charge in [0, 0.05) is 5.56 Å². The number of benzene rings is 2. The minimum atomic E-state index is -1.40. The Hall–Kier alpha value is -4.12. The van der Waals surface area contributed by atoms with Gasteiger partial charge in [-0.3, -0.25) is 19.2 Å². The van der Waals surface area contributed by atoms with Gasteiger partial charge in [0.05, 0.1) is 32.2 Å². The Morgan fingerprint density at radius 1 is 1.11 bits per heavy atom. The molecule has 2 bridgehead atoms. The molecule has 0 unspecified atom stereocenters. The van der Waals surface area contributed by atoms with Gasteiger partial charge in [-0.2, -0.15) is 0 Å². The maximum atomic E-state index is 12.8. The highest BCUT2D eigenvalue weighted by Crippen LogP contribution is 2.23. The van der Waals surface area contributed by atoms with Crippen molar-refractivity contribution in [2.75, 3.05) is 13.7 Å². The van der Waals surface area contributed by atoms with Crippen LogP contribution in [0.25, 0.3) is 0 Å². The van der Waals surface area contributed by atoms with Crippen LogP contribution in [0.4, 0.5) is 0 Å². The van der Waals surface area contributed by atoms with E-state index in [2.05, 4.69) is 16.0 Å². The number of fused-ring (bicyclic) bond motifs is 2. The molecule has 4 N–H and O–H groups in total. The van der Waals surface area contributed by atoms with Crippen LogP contribution in [0.1, 0.15) is 22.3 Å². The number of methoxy groups -OCH3 is 1. The van der Waals surface area contributed by atoms with Crippen LogP contribution in [0.3, 0.4) is 0 Å². The third-order valence-corrected chi connectivity index (χ3v) is 5.73. The number of rotatable bonds is 5. The first-order valence-electron chi connectivity index (χ1n) is 11.0.